The summed E-state index contributed by atoms with van der Waals surface area (Å²) in [6.07, 6.45) is 1.74. The van der Waals surface area contributed by atoms with Crippen molar-refractivity contribution in [1.29, 1.82) is 0 Å². The van der Waals surface area contributed by atoms with Crippen LogP contribution in [0.15, 0.2) is 36.4 Å². The third kappa shape index (κ3) is 5.23. The van der Waals surface area contributed by atoms with Crippen molar-refractivity contribution in [3.05, 3.63) is 58.1 Å². The maximum absolute atomic E-state index is 11.1. The second-order valence-corrected chi connectivity index (χ2v) is 7.37. The third-order valence-electron chi connectivity index (χ3n) is 3.96. The molecule has 0 atom stereocenters. The molecule has 2 aromatic carbocycles. The number of carbonyl (C=O) groups is 1. The quantitative estimate of drug-likeness (QED) is 0.485. The summed E-state index contributed by atoms with van der Waals surface area (Å²) in [6, 6.07) is 11.3. The van der Waals surface area contributed by atoms with E-state index in [1.165, 1.54) is 11.1 Å². The summed E-state index contributed by atoms with van der Waals surface area (Å²) in [5, 5.41) is 0.511. The average Bonchev–Trinajstić information content (AvgIpc) is 2.58. The zero-order chi connectivity index (χ0) is 18.4. The molecular formula is C21H25ClO3. The molecule has 3 nitrogen and oxygen atoms in total. The van der Waals surface area contributed by atoms with E-state index >= 15 is 0 Å². The molecule has 0 radical (unpaired) electrons. The van der Waals surface area contributed by atoms with Crippen molar-refractivity contribution in [2.75, 3.05) is 13.2 Å². The van der Waals surface area contributed by atoms with E-state index in [1.807, 2.05) is 6.07 Å². The van der Waals surface area contributed by atoms with E-state index in [1.54, 1.807) is 18.2 Å². The number of ether oxygens (including phenoxy) is 2. The van der Waals surface area contributed by atoms with E-state index < -0.39 is 0 Å². The van der Waals surface area contributed by atoms with Crippen LogP contribution in [0.4, 0.5) is 0 Å². The van der Waals surface area contributed by atoms with Gasteiger partial charge in [0.15, 0.2) is 6.29 Å². The Kier molecular flexibility index (Phi) is 6.49. The predicted octanol–water partition coefficient (Wildman–Crippen LogP) is 5.47. The Bertz CT molecular complexity index is 732. The Morgan fingerprint density at radius 1 is 1.00 bits per heavy atom. The summed E-state index contributed by atoms with van der Waals surface area (Å²) in [7, 11) is 0. The second-order valence-electron chi connectivity index (χ2n) is 6.93. The normalized spacial score (nSPS) is 11.2. The Morgan fingerprint density at radius 2 is 1.64 bits per heavy atom. The fraction of sp³-hybridized carbons (Fsp3) is 0.381. The maximum atomic E-state index is 11.1. The fourth-order valence-electron chi connectivity index (χ4n) is 2.56. The van der Waals surface area contributed by atoms with Crippen molar-refractivity contribution in [3.8, 4) is 11.5 Å². The second kappa shape index (κ2) is 8.39. The summed E-state index contributed by atoms with van der Waals surface area (Å²) >= 11 is 5.88. The Balaban J connectivity index is 2.02. The van der Waals surface area contributed by atoms with Gasteiger partial charge in [-0.2, -0.15) is 0 Å². The summed E-state index contributed by atoms with van der Waals surface area (Å²) < 4.78 is 11.6. The van der Waals surface area contributed by atoms with Gasteiger partial charge in [0.1, 0.15) is 24.7 Å². The van der Waals surface area contributed by atoms with Crippen LogP contribution in [0.25, 0.3) is 0 Å². The minimum atomic E-state index is 0.00222. The van der Waals surface area contributed by atoms with Gasteiger partial charge in [0.25, 0.3) is 0 Å². The Labute approximate surface area is 154 Å². The Hall–Kier alpha value is -2.00. The van der Waals surface area contributed by atoms with Crippen LogP contribution in [-0.4, -0.2) is 19.5 Å². The molecule has 25 heavy (non-hydrogen) atoms. The van der Waals surface area contributed by atoms with Crippen LogP contribution in [0, 0.1) is 0 Å². The van der Waals surface area contributed by atoms with Gasteiger partial charge in [-0.1, -0.05) is 51.4 Å². The van der Waals surface area contributed by atoms with Gasteiger partial charge >= 0.3 is 0 Å². The first-order chi connectivity index (χ1) is 11.8. The summed E-state index contributed by atoms with van der Waals surface area (Å²) in [5.41, 5.74) is 2.93. The van der Waals surface area contributed by atoms with Crippen LogP contribution in [0.5, 0.6) is 11.5 Å². The topological polar surface area (TPSA) is 35.5 Å². The van der Waals surface area contributed by atoms with Gasteiger partial charge in [0.05, 0.1) is 5.56 Å². The van der Waals surface area contributed by atoms with Crippen molar-refractivity contribution in [2.24, 2.45) is 0 Å². The molecule has 134 valence electrons. The van der Waals surface area contributed by atoms with Gasteiger partial charge in [0, 0.05) is 5.02 Å². The molecule has 0 aliphatic heterocycles. The molecule has 0 heterocycles. The van der Waals surface area contributed by atoms with Crippen molar-refractivity contribution in [1.82, 2.24) is 0 Å². The molecule has 0 spiro atoms. The van der Waals surface area contributed by atoms with E-state index in [4.69, 9.17) is 21.1 Å². The van der Waals surface area contributed by atoms with Crippen LogP contribution in [0.2, 0.25) is 5.02 Å². The van der Waals surface area contributed by atoms with Crippen molar-refractivity contribution in [2.45, 2.75) is 39.5 Å². The molecule has 4 heteroatoms. The number of hydrogen-bond donors (Lipinski definition) is 0. The molecule has 0 aliphatic carbocycles. The zero-order valence-corrected chi connectivity index (χ0v) is 16.0. The van der Waals surface area contributed by atoms with Crippen LogP contribution in [0.1, 0.15) is 49.2 Å². The van der Waals surface area contributed by atoms with Crippen LogP contribution in [-0.2, 0) is 11.8 Å². The maximum Gasteiger partial charge on any atom is 0.153 e. The number of benzene rings is 2. The fourth-order valence-corrected chi connectivity index (χ4v) is 2.74. The van der Waals surface area contributed by atoms with Gasteiger partial charge in [-0.3, -0.25) is 4.79 Å². The largest absolute Gasteiger partial charge is 0.490 e. The monoisotopic (exact) mass is 360 g/mol. The van der Waals surface area contributed by atoms with Crippen LogP contribution in [0.3, 0.4) is 0 Å². The average molecular weight is 361 g/mol. The number of aldehydes is 1. The number of aryl methyl sites for hydroxylation is 1. The lowest BCUT2D eigenvalue weighted by atomic mass is 9.85. The highest BCUT2D eigenvalue weighted by Crippen LogP contribution is 2.32. The standard InChI is InChI=1S/C21H25ClO3/c1-5-15-6-8-20(18(12-15)21(2,3)4)25-11-10-24-19-9-7-17(22)13-16(19)14-23/h6-9,12-14H,5,10-11H2,1-4H3. The van der Waals surface area contributed by atoms with Crippen molar-refractivity contribution < 1.29 is 14.3 Å². The molecule has 2 rings (SSSR count). The summed E-state index contributed by atoms with van der Waals surface area (Å²) in [5.74, 6) is 1.39. The molecule has 0 aromatic heterocycles. The van der Waals surface area contributed by atoms with E-state index in [2.05, 4.69) is 39.8 Å². The number of carbonyl (C=O) groups excluding carboxylic acids is 1. The van der Waals surface area contributed by atoms with E-state index in [0.29, 0.717) is 29.5 Å². The van der Waals surface area contributed by atoms with Crippen molar-refractivity contribution >= 4 is 17.9 Å². The highest BCUT2D eigenvalue weighted by Gasteiger charge is 2.19. The summed E-state index contributed by atoms with van der Waals surface area (Å²) in [6.45, 7) is 9.42. The Morgan fingerprint density at radius 3 is 2.24 bits per heavy atom. The first kappa shape index (κ1) is 19.3. The van der Waals surface area contributed by atoms with E-state index in [9.17, 15) is 4.79 Å². The smallest absolute Gasteiger partial charge is 0.153 e. The van der Waals surface area contributed by atoms with Gasteiger partial charge in [0.2, 0.25) is 0 Å². The van der Waals surface area contributed by atoms with Crippen molar-refractivity contribution in [3.63, 3.8) is 0 Å². The molecule has 0 N–H and O–H groups in total. The molecular weight excluding hydrogens is 336 g/mol. The van der Waals surface area contributed by atoms with E-state index in [-0.39, 0.29) is 5.41 Å². The van der Waals surface area contributed by atoms with Gasteiger partial charge in [-0.25, -0.2) is 0 Å². The van der Waals surface area contributed by atoms with Gasteiger partial charge < -0.3 is 9.47 Å². The molecule has 2 aromatic rings. The molecule has 0 saturated carbocycles. The SMILES string of the molecule is CCc1ccc(OCCOc2ccc(Cl)cc2C=O)c(C(C)(C)C)c1. The first-order valence-electron chi connectivity index (χ1n) is 8.49. The lowest BCUT2D eigenvalue weighted by molar-refractivity contribution is 0.111. The highest BCUT2D eigenvalue weighted by molar-refractivity contribution is 6.30. The number of hydrogen-bond acceptors (Lipinski definition) is 3. The third-order valence-corrected chi connectivity index (χ3v) is 4.19. The van der Waals surface area contributed by atoms with Gasteiger partial charge in [-0.15, -0.1) is 0 Å². The lowest BCUT2D eigenvalue weighted by Gasteiger charge is -2.23. The summed E-state index contributed by atoms with van der Waals surface area (Å²) in [4.78, 5) is 11.1. The number of rotatable bonds is 7. The predicted molar refractivity (Wildman–Crippen MR) is 102 cm³/mol. The number of halogens is 1. The molecule has 0 fully saturated rings. The molecule has 0 aliphatic rings. The first-order valence-corrected chi connectivity index (χ1v) is 8.86. The molecule has 0 unspecified atom stereocenters. The van der Waals surface area contributed by atoms with Gasteiger partial charge in [-0.05, 0) is 47.2 Å². The van der Waals surface area contributed by atoms with E-state index in [0.717, 1.165) is 18.5 Å². The highest BCUT2D eigenvalue weighted by atomic mass is 35.5. The van der Waals surface area contributed by atoms with Crippen LogP contribution >= 0.6 is 11.6 Å². The molecule has 0 bridgehead atoms. The zero-order valence-electron chi connectivity index (χ0n) is 15.3. The minimum Gasteiger partial charge on any atom is -0.490 e. The lowest BCUT2D eigenvalue weighted by Crippen LogP contribution is -2.16. The molecule has 0 saturated heterocycles. The minimum absolute atomic E-state index is 0.00222. The van der Waals surface area contributed by atoms with Crippen LogP contribution < -0.4 is 9.47 Å². The molecule has 0 amide bonds.